The topological polar surface area (TPSA) is 53.5 Å². The highest BCUT2D eigenvalue weighted by atomic mass is 19.1. The summed E-state index contributed by atoms with van der Waals surface area (Å²) in [4.78, 5) is 33.9. The summed E-state index contributed by atoms with van der Waals surface area (Å²) < 4.78 is 14.2. The molecule has 6 heteroatoms. The highest BCUT2D eigenvalue weighted by Crippen LogP contribution is 2.36. The van der Waals surface area contributed by atoms with Gasteiger partial charge in [0.05, 0.1) is 11.0 Å². The van der Waals surface area contributed by atoms with Gasteiger partial charge in [0, 0.05) is 45.1 Å². The SMILES string of the molecule is CN(C)C(=O)[C@]1(Cc2ccc(-c3ccccc3F)cc2)CCCN(C(=O)c2cccnc2)C1. The first kappa shape index (κ1) is 22.6. The lowest BCUT2D eigenvalue weighted by Gasteiger charge is -2.43. The van der Waals surface area contributed by atoms with Crippen LogP contribution in [0, 0.1) is 11.2 Å². The van der Waals surface area contributed by atoms with E-state index in [9.17, 15) is 14.0 Å². The number of piperidine rings is 1. The Balaban J connectivity index is 1.60. The van der Waals surface area contributed by atoms with E-state index in [1.807, 2.05) is 30.3 Å². The Kier molecular flexibility index (Phi) is 6.54. The van der Waals surface area contributed by atoms with Crippen molar-refractivity contribution < 1.29 is 14.0 Å². The molecule has 2 heterocycles. The normalized spacial score (nSPS) is 18.1. The molecule has 5 nitrogen and oxygen atoms in total. The second-order valence-corrected chi connectivity index (χ2v) is 8.91. The zero-order valence-corrected chi connectivity index (χ0v) is 19.0. The summed E-state index contributed by atoms with van der Waals surface area (Å²) in [6, 6.07) is 17.9. The van der Waals surface area contributed by atoms with Gasteiger partial charge >= 0.3 is 0 Å². The van der Waals surface area contributed by atoms with Crippen molar-refractivity contribution in [3.8, 4) is 11.1 Å². The van der Waals surface area contributed by atoms with Crippen LogP contribution in [-0.2, 0) is 11.2 Å². The van der Waals surface area contributed by atoms with Crippen LogP contribution in [0.2, 0.25) is 0 Å². The first-order chi connectivity index (χ1) is 15.9. The minimum absolute atomic E-state index is 0.0179. The molecule has 0 radical (unpaired) electrons. The number of halogens is 1. The Bertz CT molecular complexity index is 1130. The maximum atomic E-state index is 14.2. The first-order valence-electron chi connectivity index (χ1n) is 11.1. The van der Waals surface area contributed by atoms with Crippen LogP contribution >= 0.6 is 0 Å². The highest BCUT2D eigenvalue weighted by molar-refractivity contribution is 5.94. The summed E-state index contributed by atoms with van der Waals surface area (Å²) in [5, 5.41) is 0. The van der Waals surface area contributed by atoms with Gasteiger partial charge in [-0.1, -0.05) is 42.5 Å². The Morgan fingerprint density at radius 3 is 2.48 bits per heavy atom. The zero-order chi connectivity index (χ0) is 23.4. The van der Waals surface area contributed by atoms with Gasteiger partial charge in [-0.05, 0) is 48.6 Å². The number of hydrogen-bond acceptors (Lipinski definition) is 3. The average molecular weight is 446 g/mol. The maximum Gasteiger partial charge on any atom is 0.255 e. The van der Waals surface area contributed by atoms with Crippen molar-refractivity contribution in [3.63, 3.8) is 0 Å². The standard InChI is InChI=1S/C27H28FN3O2/c1-30(2)26(33)27(14-6-16-31(19-27)25(32)22-7-5-15-29-18-22)17-20-10-12-21(13-11-20)23-8-3-4-9-24(23)28/h3-5,7-13,15,18H,6,14,16-17,19H2,1-2H3/t27-/m0/s1. The number of likely N-dealkylation sites (tertiary alicyclic amines) is 1. The van der Waals surface area contributed by atoms with E-state index < -0.39 is 5.41 Å². The summed E-state index contributed by atoms with van der Waals surface area (Å²) in [5.74, 6) is -0.348. The van der Waals surface area contributed by atoms with E-state index in [2.05, 4.69) is 4.98 Å². The van der Waals surface area contributed by atoms with Gasteiger partial charge in [-0.15, -0.1) is 0 Å². The smallest absolute Gasteiger partial charge is 0.255 e. The van der Waals surface area contributed by atoms with Gasteiger partial charge < -0.3 is 9.80 Å². The van der Waals surface area contributed by atoms with Crippen LogP contribution in [0.5, 0.6) is 0 Å². The summed E-state index contributed by atoms with van der Waals surface area (Å²) in [6.07, 6.45) is 5.17. The molecule has 2 amide bonds. The van der Waals surface area contributed by atoms with Gasteiger partial charge in [0.2, 0.25) is 5.91 Å². The number of amides is 2. The number of aromatic nitrogens is 1. The molecule has 1 saturated heterocycles. The van der Waals surface area contributed by atoms with Crippen molar-refractivity contribution in [2.75, 3.05) is 27.2 Å². The average Bonchev–Trinajstić information content (AvgIpc) is 2.84. The van der Waals surface area contributed by atoms with Crippen LogP contribution in [0.3, 0.4) is 0 Å². The Morgan fingerprint density at radius 1 is 1.06 bits per heavy atom. The molecule has 0 N–H and O–H groups in total. The van der Waals surface area contributed by atoms with Crippen molar-refractivity contribution in [1.82, 2.24) is 14.8 Å². The lowest BCUT2D eigenvalue weighted by Crippen LogP contribution is -2.54. The number of carbonyl (C=O) groups excluding carboxylic acids is 2. The summed E-state index contributed by atoms with van der Waals surface area (Å²) in [7, 11) is 3.51. The zero-order valence-electron chi connectivity index (χ0n) is 19.0. The van der Waals surface area contributed by atoms with E-state index in [0.29, 0.717) is 37.1 Å². The number of benzene rings is 2. The molecule has 33 heavy (non-hydrogen) atoms. The third-order valence-corrected chi connectivity index (χ3v) is 6.31. The summed E-state index contributed by atoms with van der Waals surface area (Å²) >= 11 is 0. The Labute approximate surface area is 193 Å². The molecule has 1 aromatic heterocycles. The Morgan fingerprint density at radius 2 is 1.82 bits per heavy atom. The maximum absolute atomic E-state index is 14.2. The molecule has 0 spiro atoms. The van der Waals surface area contributed by atoms with Gasteiger partial charge in [-0.25, -0.2) is 4.39 Å². The Hall–Kier alpha value is -3.54. The fourth-order valence-corrected chi connectivity index (χ4v) is 4.73. The van der Waals surface area contributed by atoms with Crippen LogP contribution in [-0.4, -0.2) is 53.8 Å². The minimum atomic E-state index is -0.709. The predicted molar refractivity (Wildman–Crippen MR) is 126 cm³/mol. The fraction of sp³-hybridized carbons (Fsp3) is 0.296. The van der Waals surface area contributed by atoms with Gasteiger partial charge in [-0.3, -0.25) is 14.6 Å². The molecule has 4 rings (SSSR count). The molecular formula is C27H28FN3O2. The van der Waals surface area contributed by atoms with E-state index in [-0.39, 0.29) is 17.6 Å². The third kappa shape index (κ3) is 4.80. The van der Waals surface area contributed by atoms with E-state index >= 15 is 0 Å². The van der Waals surface area contributed by atoms with E-state index in [1.165, 1.54) is 6.07 Å². The minimum Gasteiger partial charge on any atom is -0.348 e. The van der Waals surface area contributed by atoms with Crippen LogP contribution in [0.1, 0.15) is 28.8 Å². The van der Waals surface area contributed by atoms with Gasteiger partial charge in [0.1, 0.15) is 5.82 Å². The van der Waals surface area contributed by atoms with E-state index in [0.717, 1.165) is 17.5 Å². The molecule has 170 valence electrons. The van der Waals surface area contributed by atoms with Gasteiger partial charge in [0.15, 0.2) is 0 Å². The predicted octanol–water partition coefficient (Wildman–Crippen LogP) is 4.44. The number of rotatable bonds is 5. The molecule has 1 aliphatic heterocycles. The van der Waals surface area contributed by atoms with Crippen molar-refractivity contribution >= 4 is 11.8 Å². The van der Waals surface area contributed by atoms with Crippen molar-refractivity contribution in [3.05, 3.63) is 90.0 Å². The molecule has 0 unspecified atom stereocenters. The molecule has 3 aromatic rings. The molecule has 1 aliphatic rings. The monoisotopic (exact) mass is 445 g/mol. The molecule has 0 aliphatic carbocycles. The van der Waals surface area contributed by atoms with Gasteiger partial charge in [-0.2, -0.15) is 0 Å². The van der Waals surface area contributed by atoms with Crippen LogP contribution in [0.15, 0.2) is 73.1 Å². The van der Waals surface area contributed by atoms with Crippen molar-refractivity contribution in [2.24, 2.45) is 5.41 Å². The number of hydrogen-bond donors (Lipinski definition) is 0. The molecular weight excluding hydrogens is 417 g/mol. The van der Waals surface area contributed by atoms with E-state index in [4.69, 9.17) is 0 Å². The number of carbonyl (C=O) groups is 2. The second kappa shape index (κ2) is 9.53. The third-order valence-electron chi connectivity index (χ3n) is 6.31. The lowest BCUT2D eigenvalue weighted by atomic mass is 9.73. The van der Waals surface area contributed by atoms with Crippen LogP contribution in [0.25, 0.3) is 11.1 Å². The summed E-state index contributed by atoms with van der Waals surface area (Å²) in [6.45, 7) is 0.967. The van der Waals surface area contributed by atoms with Crippen LogP contribution < -0.4 is 0 Å². The molecule has 0 bridgehead atoms. The molecule has 1 atom stereocenters. The summed E-state index contributed by atoms with van der Waals surface area (Å²) in [5.41, 5.74) is 2.15. The first-order valence-corrected chi connectivity index (χ1v) is 11.1. The molecule has 1 fully saturated rings. The lowest BCUT2D eigenvalue weighted by molar-refractivity contribution is -0.142. The van der Waals surface area contributed by atoms with Gasteiger partial charge in [0.25, 0.3) is 5.91 Å². The second-order valence-electron chi connectivity index (χ2n) is 8.91. The van der Waals surface area contributed by atoms with Crippen LogP contribution in [0.4, 0.5) is 4.39 Å². The van der Waals surface area contributed by atoms with Crippen molar-refractivity contribution in [2.45, 2.75) is 19.3 Å². The number of nitrogens with zero attached hydrogens (tertiary/aromatic N) is 3. The van der Waals surface area contributed by atoms with E-state index in [1.54, 1.807) is 60.6 Å². The molecule has 0 saturated carbocycles. The quantitative estimate of drug-likeness (QED) is 0.583. The molecule has 2 aromatic carbocycles. The fourth-order valence-electron chi connectivity index (χ4n) is 4.73. The largest absolute Gasteiger partial charge is 0.348 e. The number of pyridine rings is 1. The van der Waals surface area contributed by atoms with Crippen molar-refractivity contribution in [1.29, 1.82) is 0 Å². The highest BCUT2D eigenvalue weighted by Gasteiger charge is 2.44.